The molecule has 1 atom stereocenters. The number of alkyl halides is 1. The summed E-state index contributed by atoms with van der Waals surface area (Å²) in [7, 11) is 0. The topological polar surface area (TPSA) is 12.0 Å². The van der Waals surface area contributed by atoms with Crippen LogP contribution in [0.3, 0.4) is 0 Å². The van der Waals surface area contributed by atoms with Crippen LogP contribution in [0.15, 0.2) is 53.0 Å². The molecular formula is C15H14BrCl2N. The molecule has 1 nitrogen and oxygen atoms in total. The zero-order chi connectivity index (χ0) is 13.7. The lowest BCUT2D eigenvalue weighted by Gasteiger charge is -2.12. The van der Waals surface area contributed by atoms with Crippen LogP contribution >= 0.6 is 39.1 Å². The maximum absolute atomic E-state index is 6.33. The molecule has 2 rings (SSSR count). The molecular weight excluding hydrogens is 345 g/mol. The summed E-state index contributed by atoms with van der Waals surface area (Å²) in [5.74, 6) is 0. The van der Waals surface area contributed by atoms with E-state index in [1.54, 1.807) is 0 Å². The van der Waals surface area contributed by atoms with Crippen LogP contribution in [0.2, 0.25) is 5.02 Å². The average molecular weight is 359 g/mol. The van der Waals surface area contributed by atoms with Gasteiger partial charge in [0.1, 0.15) is 0 Å². The van der Waals surface area contributed by atoms with E-state index in [2.05, 4.69) is 21.2 Å². The van der Waals surface area contributed by atoms with E-state index in [4.69, 9.17) is 23.2 Å². The molecule has 0 saturated heterocycles. The van der Waals surface area contributed by atoms with Crippen LogP contribution in [0.4, 0.5) is 0 Å². The monoisotopic (exact) mass is 357 g/mol. The van der Waals surface area contributed by atoms with Gasteiger partial charge in [0, 0.05) is 22.6 Å². The summed E-state index contributed by atoms with van der Waals surface area (Å²) < 4.78 is 0.987. The summed E-state index contributed by atoms with van der Waals surface area (Å²) in [5, 5.41) is 4.05. The normalized spacial score (nSPS) is 12.4. The van der Waals surface area contributed by atoms with E-state index >= 15 is 0 Å². The summed E-state index contributed by atoms with van der Waals surface area (Å²) in [6.07, 6.45) is 0. The van der Waals surface area contributed by atoms with E-state index in [0.29, 0.717) is 13.1 Å². The van der Waals surface area contributed by atoms with E-state index in [-0.39, 0.29) is 5.38 Å². The van der Waals surface area contributed by atoms with Gasteiger partial charge < -0.3 is 5.32 Å². The van der Waals surface area contributed by atoms with Crippen molar-refractivity contribution in [2.75, 3.05) is 6.54 Å². The minimum Gasteiger partial charge on any atom is -0.311 e. The number of rotatable bonds is 5. The molecule has 0 amide bonds. The maximum atomic E-state index is 6.33. The smallest absolute Gasteiger partial charge is 0.0709 e. The largest absolute Gasteiger partial charge is 0.311 e. The molecule has 2 aromatic rings. The number of hydrogen-bond donors (Lipinski definition) is 1. The third-order valence-electron chi connectivity index (χ3n) is 2.82. The molecule has 0 heterocycles. The molecule has 0 aliphatic heterocycles. The van der Waals surface area contributed by atoms with E-state index in [1.165, 1.54) is 0 Å². The summed E-state index contributed by atoms with van der Waals surface area (Å²) in [6.45, 7) is 1.42. The molecule has 0 radical (unpaired) electrons. The van der Waals surface area contributed by atoms with Crippen molar-refractivity contribution < 1.29 is 0 Å². The SMILES string of the molecule is Clc1cc(Br)ccc1CNCC(Cl)c1ccccc1. The quantitative estimate of drug-likeness (QED) is 0.727. The first kappa shape index (κ1) is 14.9. The van der Waals surface area contributed by atoms with Crippen LogP contribution in [0.25, 0.3) is 0 Å². The van der Waals surface area contributed by atoms with Crippen LogP contribution in [0.5, 0.6) is 0 Å². The fourth-order valence-corrected chi connectivity index (χ4v) is 2.77. The molecule has 2 aromatic carbocycles. The van der Waals surface area contributed by atoms with Crippen molar-refractivity contribution >= 4 is 39.1 Å². The highest BCUT2D eigenvalue weighted by Gasteiger charge is 2.07. The highest BCUT2D eigenvalue weighted by atomic mass is 79.9. The Bertz CT molecular complexity index is 531. The highest BCUT2D eigenvalue weighted by Crippen LogP contribution is 2.22. The first-order chi connectivity index (χ1) is 9.16. The fraction of sp³-hybridized carbons (Fsp3) is 0.200. The maximum Gasteiger partial charge on any atom is 0.0709 e. The number of benzene rings is 2. The van der Waals surface area contributed by atoms with Crippen molar-refractivity contribution in [3.05, 3.63) is 69.2 Å². The predicted octanol–water partition coefficient (Wildman–Crippen LogP) is 5.17. The minimum absolute atomic E-state index is 0.0320. The Morgan fingerprint density at radius 2 is 1.84 bits per heavy atom. The third-order valence-corrected chi connectivity index (χ3v) is 4.07. The molecule has 0 aliphatic rings. The molecule has 0 saturated carbocycles. The fourth-order valence-electron chi connectivity index (χ4n) is 1.78. The number of halogens is 3. The third kappa shape index (κ3) is 4.50. The lowest BCUT2D eigenvalue weighted by atomic mass is 10.1. The second-order valence-corrected chi connectivity index (χ2v) is 6.09. The zero-order valence-electron chi connectivity index (χ0n) is 10.2. The Morgan fingerprint density at radius 3 is 2.53 bits per heavy atom. The number of nitrogens with one attached hydrogen (secondary N) is 1. The molecule has 100 valence electrons. The molecule has 0 aromatic heterocycles. The Morgan fingerprint density at radius 1 is 1.11 bits per heavy atom. The van der Waals surface area contributed by atoms with E-state index in [1.807, 2.05) is 48.5 Å². The van der Waals surface area contributed by atoms with Gasteiger partial charge in [-0.1, -0.05) is 63.9 Å². The Kier molecular flexibility index (Phi) is 5.71. The van der Waals surface area contributed by atoms with Gasteiger partial charge in [-0.2, -0.15) is 0 Å². The van der Waals surface area contributed by atoms with Gasteiger partial charge in [0.15, 0.2) is 0 Å². The highest BCUT2D eigenvalue weighted by molar-refractivity contribution is 9.10. The minimum atomic E-state index is -0.0320. The van der Waals surface area contributed by atoms with Crippen molar-refractivity contribution in [3.63, 3.8) is 0 Å². The van der Waals surface area contributed by atoms with Gasteiger partial charge in [-0.3, -0.25) is 0 Å². The van der Waals surface area contributed by atoms with Gasteiger partial charge in [0.2, 0.25) is 0 Å². The van der Waals surface area contributed by atoms with Gasteiger partial charge >= 0.3 is 0 Å². The van der Waals surface area contributed by atoms with Gasteiger partial charge in [0.05, 0.1) is 5.38 Å². The Labute approximate surface area is 132 Å². The second-order valence-electron chi connectivity index (χ2n) is 4.24. The molecule has 0 bridgehead atoms. The van der Waals surface area contributed by atoms with Crippen LogP contribution in [-0.2, 0) is 6.54 Å². The lowest BCUT2D eigenvalue weighted by Crippen LogP contribution is -2.18. The van der Waals surface area contributed by atoms with E-state index < -0.39 is 0 Å². The standard InChI is InChI=1S/C15H14BrCl2N/c16-13-7-6-12(14(17)8-13)9-19-10-15(18)11-4-2-1-3-5-11/h1-8,15,19H,9-10H2. The Hall–Kier alpha value is -0.540. The summed E-state index contributed by atoms with van der Waals surface area (Å²) in [4.78, 5) is 0. The summed E-state index contributed by atoms with van der Waals surface area (Å²) in [5.41, 5.74) is 2.19. The van der Waals surface area contributed by atoms with Gasteiger partial charge in [-0.15, -0.1) is 11.6 Å². The van der Waals surface area contributed by atoms with Gasteiger partial charge in [-0.25, -0.2) is 0 Å². The van der Waals surface area contributed by atoms with Crippen molar-refractivity contribution in [3.8, 4) is 0 Å². The van der Waals surface area contributed by atoms with Crippen LogP contribution in [-0.4, -0.2) is 6.54 Å². The molecule has 0 fully saturated rings. The molecule has 19 heavy (non-hydrogen) atoms. The van der Waals surface area contributed by atoms with Crippen molar-refractivity contribution in [2.24, 2.45) is 0 Å². The summed E-state index contributed by atoms with van der Waals surface area (Å²) >= 11 is 15.9. The van der Waals surface area contributed by atoms with Gasteiger partial charge in [-0.05, 0) is 23.3 Å². The molecule has 4 heteroatoms. The van der Waals surface area contributed by atoms with Gasteiger partial charge in [0.25, 0.3) is 0 Å². The average Bonchev–Trinajstić information content (AvgIpc) is 2.42. The first-order valence-corrected chi connectivity index (χ1v) is 7.61. The summed E-state index contributed by atoms with van der Waals surface area (Å²) in [6, 6.07) is 15.9. The first-order valence-electron chi connectivity index (χ1n) is 6.00. The van der Waals surface area contributed by atoms with E-state index in [0.717, 1.165) is 20.6 Å². The van der Waals surface area contributed by atoms with Crippen LogP contribution < -0.4 is 5.32 Å². The lowest BCUT2D eigenvalue weighted by molar-refractivity contribution is 0.674. The van der Waals surface area contributed by atoms with E-state index in [9.17, 15) is 0 Å². The second kappa shape index (κ2) is 7.30. The van der Waals surface area contributed by atoms with Crippen LogP contribution in [0.1, 0.15) is 16.5 Å². The number of hydrogen-bond acceptors (Lipinski definition) is 1. The molecule has 0 aliphatic carbocycles. The molecule has 1 unspecified atom stereocenters. The zero-order valence-corrected chi connectivity index (χ0v) is 13.3. The molecule has 1 N–H and O–H groups in total. The Balaban J connectivity index is 1.86. The van der Waals surface area contributed by atoms with Crippen LogP contribution in [0, 0.1) is 0 Å². The predicted molar refractivity (Wildman–Crippen MR) is 85.9 cm³/mol. The molecule has 0 spiro atoms. The van der Waals surface area contributed by atoms with Crippen molar-refractivity contribution in [2.45, 2.75) is 11.9 Å². The van der Waals surface area contributed by atoms with Crippen molar-refractivity contribution in [1.29, 1.82) is 0 Å². The van der Waals surface area contributed by atoms with Crippen molar-refractivity contribution in [1.82, 2.24) is 5.32 Å².